The van der Waals surface area contributed by atoms with Crippen molar-refractivity contribution < 1.29 is 40.6 Å². The zero-order chi connectivity index (χ0) is 24.1. The molecular formula is C21H22F6N4O3. The predicted molar refractivity (Wildman–Crippen MR) is 105 cm³/mol. The lowest BCUT2D eigenvalue weighted by molar-refractivity contribution is -0.142. The molecule has 2 saturated heterocycles. The maximum atomic E-state index is 13.3. The van der Waals surface area contributed by atoms with Crippen molar-refractivity contribution in [2.24, 2.45) is 11.8 Å². The number of hydrogen-bond donors (Lipinski definition) is 0. The van der Waals surface area contributed by atoms with Crippen molar-refractivity contribution in [2.75, 3.05) is 31.2 Å². The molecule has 0 spiro atoms. The van der Waals surface area contributed by atoms with E-state index in [9.17, 15) is 26.3 Å². The van der Waals surface area contributed by atoms with Gasteiger partial charge in [0.25, 0.3) is 0 Å². The Bertz CT molecular complexity index is 989. The normalized spacial score (nSPS) is 25.8. The molecule has 0 N–H and O–H groups in total. The van der Waals surface area contributed by atoms with E-state index in [1.807, 2.05) is 4.90 Å². The summed E-state index contributed by atoms with van der Waals surface area (Å²) >= 11 is 0. The second-order valence-electron chi connectivity index (χ2n) is 8.71. The van der Waals surface area contributed by atoms with Crippen molar-refractivity contribution in [3.63, 3.8) is 0 Å². The van der Waals surface area contributed by atoms with Crippen LogP contribution in [0.25, 0.3) is 0 Å². The molecule has 4 heterocycles. The molecule has 0 aromatic carbocycles. The second-order valence-corrected chi connectivity index (χ2v) is 8.71. The molecule has 0 unspecified atom stereocenters. The Hall–Kier alpha value is -2.54. The maximum absolute atomic E-state index is 13.3. The largest absolute Gasteiger partial charge is 0.474 e. The third-order valence-electron chi connectivity index (χ3n) is 6.45. The van der Waals surface area contributed by atoms with Gasteiger partial charge >= 0.3 is 12.4 Å². The van der Waals surface area contributed by atoms with Gasteiger partial charge in [-0.3, -0.25) is 0 Å². The van der Waals surface area contributed by atoms with Crippen molar-refractivity contribution in [3.05, 3.63) is 35.7 Å². The Morgan fingerprint density at radius 3 is 2.21 bits per heavy atom. The third-order valence-corrected chi connectivity index (χ3v) is 6.45. The summed E-state index contributed by atoms with van der Waals surface area (Å²) in [6, 6.07) is 3.23. The highest BCUT2D eigenvalue weighted by Gasteiger charge is 2.45. The van der Waals surface area contributed by atoms with Gasteiger partial charge in [0, 0.05) is 37.2 Å². The summed E-state index contributed by atoms with van der Waals surface area (Å²) in [6.45, 7) is 1.64. The van der Waals surface area contributed by atoms with Crippen molar-refractivity contribution in [1.82, 2.24) is 14.8 Å². The number of halogens is 6. The fourth-order valence-electron chi connectivity index (χ4n) is 4.85. The first-order valence-electron chi connectivity index (χ1n) is 10.9. The number of fused-ring (bicyclic) bond motifs is 2. The molecule has 3 fully saturated rings. The molecule has 2 bridgehead atoms. The van der Waals surface area contributed by atoms with Gasteiger partial charge in [-0.05, 0) is 25.0 Å². The molecule has 2 aromatic heterocycles. The van der Waals surface area contributed by atoms with Crippen LogP contribution in [-0.4, -0.2) is 53.5 Å². The highest BCUT2D eigenvalue weighted by Crippen LogP contribution is 2.42. The van der Waals surface area contributed by atoms with E-state index in [0.29, 0.717) is 32.1 Å². The Labute approximate surface area is 190 Å². The van der Waals surface area contributed by atoms with Crippen molar-refractivity contribution >= 4 is 5.82 Å². The minimum absolute atomic E-state index is 0.00516. The van der Waals surface area contributed by atoms with E-state index in [-0.39, 0.29) is 30.4 Å². The topological polar surface area (TPSA) is 61.6 Å². The number of alkyl halides is 6. The number of hydrogen-bond acceptors (Lipinski definition) is 6. The first-order chi connectivity index (χ1) is 16.1. The molecule has 34 heavy (non-hydrogen) atoms. The summed E-state index contributed by atoms with van der Waals surface area (Å²) in [4.78, 5) is 5.88. The van der Waals surface area contributed by atoms with E-state index in [2.05, 4.69) is 10.1 Å². The van der Waals surface area contributed by atoms with Gasteiger partial charge in [0.1, 0.15) is 11.9 Å². The molecule has 2 atom stereocenters. The summed E-state index contributed by atoms with van der Waals surface area (Å²) < 4.78 is 96.3. The molecule has 5 rings (SSSR count). The first kappa shape index (κ1) is 23.2. The van der Waals surface area contributed by atoms with Gasteiger partial charge in [-0.25, -0.2) is 9.67 Å². The number of pyridine rings is 1. The Balaban J connectivity index is 1.31. The zero-order valence-electron chi connectivity index (χ0n) is 17.8. The van der Waals surface area contributed by atoms with Crippen molar-refractivity contribution in [2.45, 2.75) is 44.1 Å². The molecule has 0 amide bonds. The molecule has 1 aliphatic carbocycles. The van der Waals surface area contributed by atoms with Crippen molar-refractivity contribution in [3.8, 4) is 5.88 Å². The molecule has 7 nitrogen and oxygen atoms in total. The average Bonchev–Trinajstić information content (AvgIpc) is 3.47. The lowest BCUT2D eigenvalue weighted by Crippen LogP contribution is -2.47. The molecule has 2 aliphatic heterocycles. The molecule has 1 saturated carbocycles. The van der Waals surface area contributed by atoms with E-state index in [4.69, 9.17) is 14.2 Å². The van der Waals surface area contributed by atoms with Crippen LogP contribution in [0, 0.1) is 11.8 Å². The van der Waals surface area contributed by atoms with Crippen LogP contribution in [0.15, 0.2) is 24.4 Å². The number of rotatable bonds is 5. The van der Waals surface area contributed by atoms with Crippen LogP contribution in [0.3, 0.4) is 0 Å². The van der Waals surface area contributed by atoms with Crippen LogP contribution in [0.2, 0.25) is 0 Å². The van der Waals surface area contributed by atoms with Crippen molar-refractivity contribution in [1.29, 1.82) is 0 Å². The Kier molecular flexibility index (Phi) is 5.87. The number of ether oxygens (including phenoxy) is 3. The first-order valence-corrected chi connectivity index (χ1v) is 10.9. The quantitative estimate of drug-likeness (QED) is 0.589. The van der Waals surface area contributed by atoms with E-state index in [1.54, 1.807) is 0 Å². The summed E-state index contributed by atoms with van der Waals surface area (Å²) in [5, 5.41) is 3.67. The highest BCUT2D eigenvalue weighted by atomic mass is 19.4. The highest BCUT2D eigenvalue weighted by molar-refractivity contribution is 5.41. The van der Waals surface area contributed by atoms with Gasteiger partial charge in [0.2, 0.25) is 5.88 Å². The van der Waals surface area contributed by atoms with Crippen LogP contribution < -0.4 is 9.64 Å². The fraction of sp³-hybridized carbons (Fsp3) is 0.619. The van der Waals surface area contributed by atoms with E-state index in [1.165, 1.54) is 6.07 Å². The van der Waals surface area contributed by atoms with Gasteiger partial charge in [-0.2, -0.15) is 31.4 Å². The van der Waals surface area contributed by atoms with E-state index < -0.39 is 29.9 Å². The van der Waals surface area contributed by atoms with Crippen LogP contribution in [0.5, 0.6) is 5.88 Å². The molecular weight excluding hydrogens is 470 g/mol. The minimum atomic E-state index is -4.63. The van der Waals surface area contributed by atoms with Gasteiger partial charge in [-0.15, -0.1) is 0 Å². The lowest BCUT2D eigenvalue weighted by atomic mass is 9.94. The number of aromatic nitrogens is 3. The lowest BCUT2D eigenvalue weighted by Gasteiger charge is -2.38. The van der Waals surface area contributed by atoms with Gasteiger partial charge in [0.15, 0.2) is 12.0 Å². The van der Waals surface area contributed by atoms with Gasteiger partial charge in [-0.1, -0.05) is 0 Å². The Morgan fingerprint density at radius 1 is 0.971 bits per heavy atom. The predicted octanol–water partition coefficient (Wildman–Crippen LogP) is 3.98. The minimum Gasteiger partial charge on any atom is -0.474 e. The summed E-state index contributed by atoms with van der Waals surface area (Å²) in [5.41, 5.74) is -1.87. The van der Waals surface area contributed by atoms with Crippen LogP contribution in [0.4, 0.5) is 32.2 Å². The zero-order valence-corrected chi connectivity index (χ0v) is 17.8. The standard InChI is InChI=1S/C21H22F6N4O3/c22-20(23,24)14-3-4-16(28-8-14)30-9-12-1-2-13(10-30)19(12)34-17-7-15(21(25,26)27)29-31(17)11-18-32-5-6-33-18/h3-4,7-8,12-13,18-19H,1-2,5-6,9-11H2/t12-,13-/m1/s1. The van der Waals surface area contributed by atoms with Crippen LogP contribution in [0.1, 0.15) is 24.1 Å². The number of nitrogens with zero attached hydrogens (tertiary/aromatic N) is 4. The molecule has 3 aliphatic rings. The molecule has 0 radical (unpaired) electrons. The summed E-state index contributed by atoms with van der Waals surface area (Å²) in [5.74, 6) is 0.400. The molecule has 13 heteroatoms. The number of anilines is 1. The van der Waals surface area contributed by atoms with Crippen LogP contribution in [-0.2, 0) is 28.4 Å². The maximum Gasteiger partial charge on any atom is 0.435 e. The van der Waals surface area contributed by atoms with Gasteiger partial charge < -0.3 is 19.1 Å². The van der Waals surface area contributed by atoms with Gasteiger partial charge in [0.05, 0.1) is 25.3 Å². The smallest absolute Gasteiger partial charge is 0.435 e. The SMILES string of the molecule is FC(F)(F)c1ccc(N2C[C@H]3CC[C@H](C2)C3Oc2cc(C(F)(F)F)nn2CC2OCCO2)nc1. The van der Waals surface area contributed by atoms with E-state index >= 15 is 0 Å². The fourth-order valence-corrected chi connectivity index (χ4v) is 4.85. The van der Waals surface area contributed by atoms with E-state index in [0.717, 1.165) is 35.9 Å². The third kappa shape index (κ3) is 4.67. The molecule has 186 valence electrons. The summed E-state index contributed by atoms with van der Waals surface area (Å²) in [7, 11) is 0. The van der Waals surface area contributed by atoms with Crippen LogP contribution >= 0.6 is 0 Å². The number of piperidine rings is 1. The monoisotopic (exact) mass is 492 g/mol. The average molecular weight is 492 g/mol. The molecule has 2 aromatic rings. The summed E-state index contributed by atoms with van der Waals surface area (Å²) in [6.07, 6.45) is -7.73. The Morgan fingerprint density at radius 2 is 1.65 bits per heavy atom. The second kappa shape index (κ2) is 8.59.